The van der Waals surface area contributed by atoms with Crippen LogP contribution in [0.4, 0.5) is 0 Å². The number of carbonyl (C=O) groups is 2. The maximum absolute atomic E-state index is 12.2. The number of esters is 2. The van der Waals surface area contributed by atoms with Crippen LogP contribution in [0.3, 0.4) is 0 Å². The van der Waals surface area contributed by atoms with Gasteiger partial charge in [-0.05, 0) is 66.6 Å². The topological polar surface area (TPSA) is 52.6 Å². The summed E-state index contributed by atoms with van der Waals surface area (Å²) in [5.41, 5.74) is 4.51. The van der Waals surface area contributed by atoms with Crippen molar-refractivity contribution in [3.63, 3.8) is 0 Å². The van der Waals surface area contributed by atoms with E-state index in [1.54, 1.807) is 24.3 Å². The van der Waals surface area contributed by atoms with Gasteiger partial charge in [-0.3, -0.25) is 0 Å². The fraction of sp³-hybridized carbons (Fsp3) is 0.300. The first-order valence-corrected chi connectivity index (χ1v) is 8.13. The smallest absolute Gasteiger partial charge is 0.338 e. The first kappa shape index (κ1) is 16.2. The van der Waals surface area contributed by atoms with Gasteiger partial charge >= 0.3 is 11.9 Å². The molecule has 3 rings (SSSR count). The number of rotatable bonds is 4. The highest BCUT2D eigenvalue weighted by Gasteiger charge is 2.14. The van der Waals surface area contributed by atoms with Crippen LogP contribution in [-0.4, -0.2) is 19.0 Å². The number of benzene rings is 2. The Morgan fingerprint density at radius 2 is 1.54 bits per heavy atom. The molecule has 1 aliphatic rings. The second-order valence-corrected chi connectivity index (χ2v) is 5.96. The molecular formula is C20H20O4. The normalized spacial score (nSPS) is 13.0. The van der Waals surface area contributed by atoms with Gasteiger partial charge in [0, 0.05) is 0 Å². The van der Waals surface area contributed by atoms with Crippen molar-refractivity contribution in [2.75, 3.05) is 7.11 Å². The molecular weight excluding hydrogens is 304 g/mol. The molecule has 4 heteroatoms. The standard InChI is InChI=1S/C20H20O4/c1-23-19(21)16-8-6-14(7-9-16)13-24-20(22)18-11-10-15-4-2-3-5-17(15)12-18/h6-12H,2-5,13H2,1H3. The lowest BCUT2D eigenvalue weighted by atomic mass is 9.90. The Kier molecular flexibility index (Phi) is 4.94. The van der Waals surface area contributed by atoms with Gasteiger partial charge in [0.1, 0.15) is 6.61 Å². The quantitative estimate of drug-likeness (QED) is 0.805. The van der Waals surface area contributed by atoms with E-state index in [1.165, 1.54) is 31.1 Å². The van der Waals surface area contributed by atoms with E-state index in [1.807, 2.05) is 18.2 Å². The Balaban J connectivity index is 1.62. The van der Waals surface area contributed by atoms with E-state index in [0.717, 1.165) is 18.4 Å². The molecule has 124 valence electrons. The fourth-order valence-corrected chi connectivity index (χ4v) is 2.95. The monoisotopic (exact) mass is 324 g/mol. The van der Waals surface area contributed by atoms with Crippen molar-refractivity contribution in [1.82, 2.24) is 0 Å². The zero-order valence-electron chi connectivity index (χ0n) is 13.7. The third-order valence-corrected chi connectivity index (χ3v) is 4.33. The summed E-state index contributed by atoms with van der Waals surface area (Å²) in [7, 11) is 1.34. The largest absolute Gasteiger partial charge is 0.465 e. The molecule has 0 spiro atoms. The molecule has 0 N–H and O–H groups in total. The molecule has 0 bridgehead atoms. The van der Waals surface area contributed by atoms with Gasteiger partial charge in [0.25, 0.3) is 0 Å². The van der Waals surface area contributed by atoms with Gasteiger partial charge in [-0.1, -0.05) is 18.2 Å². The van der Waals surface area contributed by atoms with Crippen LogP contribution in [0.5, 0.6) is 0 Å². The third kappa shape index (κ3) is 3.65. The summed E-state index contributed by atoms with van der Waals surface area (Å²) >= 11 is 0. The average Bonchev–Trinajstić information content (AvgIpc) is 2.65. The van der Waals surface area contributed by atoms with E-state index in [0.29, 0.717) is 11.1 Å². The maximum Gasteiger partial charge on any atom is 0.338 e. The van der Waals surface area contributed by atoms with Crippen molar-refractivity contribution >= 4 is 11.9 Å². The SMILES string of the molecule is COC(=O)c1ccc(COC(=O)c2ccc3c(c2)CCCC3)cc1. The zero-order chi connectivity index (χ0) is 16.9. The van der Waals surface area contributed by atoms with Crippen molar-refractivity contribution in [1.29, 1.82) is 0 Å². The second kappa shape index (κ2) is 7.30. The molecule has 0 aliphatic heterocycles. The summed E-state index contributed by atoms with van der Waals surface area (Å²) in [6.07, 6.45) is 4.53. The summed E-state index contributed by atoms with van der Waals surface area (Å²) in [5, 5.41) is 0. The predicted octanol–water partition coefficient (Wildman–Crippen LogP) is 3.71. The number of fused-ring (bicyclic) bond motifs is 1. The summed E-state index contributed by atoms with van der Waals surface area (Å²) < 4.78 is 10.0. The van der Waals surface area contributed by atoms with Crippen LogP contribution in [0, 0.1) is 0 Å². The number of aryl methyl sites for hydroxylation is 2. The number of methoxy groups -OCH3 is 1. The molecule has 0 heterocycles. The molecule has 0 amide bonds. The number of hydrogen-bond acceptors (Lipinski definition) is 4. The van der Waals surface area contributed by atoms with Crippen molar-refractivity contribution in [2.45, 2.75) is 32.3 Å². The zero-order valence-corrected chi connectivity index (χ0v) is 13.7. The summed E-state index contributed by atoms with van der Waals surface area (Å²) in [4.78, 5) is 23.6. The van der Waals surface area contributed by atoms with Crippen LogP contribution in [-0.2, 0) is 28.9 Å². The first-order valence-electron chi connectivity index (χ1n) is 8.13. The predicted molar refractivity (Wildman–Crippen MR) is 90.0 cm³/mol. The molecule has 0 saturated heterocycles. The lowest BCUT2D eigenvalue weighted by Crippen LogP contribution is -2.09. The van der Waals surface area contributed by atoms with Crippen molar-refractivity contribution < 1.29 is 19.1 Å². The third-order valence-electron chi connectivity index (χ3n) is 4.33. The number of carbonyl (C=O) groups excluding carboxylic acids is 2. The van der Waals surface area contributed by atoms with Gasteiger partial charge in [-0.2, -0.15) is 0 Å². The highest BCUT2D eigenvalue weighted by Crippen LogP contribution is 2.22. The molecule has 2 aromatic carbocycles. The number of ether oxygens (including phenoxy) is 2. The first-order chi connectivity index (χ1) is 11.7. The van der Waals surface area contributed by atoms with Gasteiger partial charge in [0.15, 0.2) is 0 Å². The van der Waals surface area contributed by atoms with E-state index in [9.17, 15) is 9.59 Å². The Hall–Kier alpha value is -2.62. The van der Waals surface area contributed by atoms with Gasteiger partial charge in [0.2, 0.25) is 0 Å². The van der Waals surface area contributed by atoms with Crippen LogP contribution < -0.4 is 0 Å². The summed E-state index contributed by atoms with van der Waals surface area (Å²) in [6, 6.07) is 12.7. The number of hydrogen-bond donors (Lipinski definition) is 0. The average molecular weight is 324 g/mol. The summed E-state index contributed by atoms with van der Waals surface area (Å²) in [6.45, 7) is 0.178. The van der Waals surface area contributed by atoms with E-state index in [2.05, 4.69) is 4.74 Å². The molecule has 4 nitrogen and oxygen atoms in total. The molecule has 1 aliphatic carbocycles. The van der Waals surface area contributed by atoms with Gasteiger partial charge in [0.05, 0.1) is 18.2 Å². The van der Waals surface area contributed by atoms with Crippen LogP contribution in [0.15, 0.2) is 42.5 Å². The molecule has 0 fully saturated rings. The van der Waals surface area contributed by atoms with Crippen LogP contribution in [0.2, 0.25) is 0 Å². The Morgan fingerprint density at radius 3 is 2.25 bits per heavy atom. The molecule has 24 heavy (non-hydrogen) atoms. The maximum atomic E-state index is 12.2. The summed E-state index contributed by atoms with van der Waals surface area (Å²) in [5.74, 6) is -0.701. The Bertz CT molecular complexity index is 747. The fourth-order valence-electron chi connectivity index (χ4n) is 2.95. The van der Waals surface area contributed by atoms with E-state index < -0.39 is 0 Å². The van der Waals surface area contributed by atoms with Gasteiger partial charge in [-0.25, -0.2) is 9.59 Å². The lowest BCUT2D eigenvalue weighted by molar-refractivity contribution is 0.0471. The highest BCUT2D eigenvalue weighted by atomic mass is 16.5. The van der Waals surface area contributed by atoms with E-state index in [4.69, 9.17) is 4.74 Å². The molecule has 0 atom stereocenters. The molecule has 0 aromatic heterocycles. The van der Waals surface area contributed by atoms with E-state index in [-0.39, 0.29) is 18.5 Å². The lowest BCUT2D eigenvalue weighted by Gasteiger charge is -2.16. The van der Waals surface area contributed by atoms with Crippen molar-refractivity contribution in [3.8, 4) is 0 Å². The Morgan fingerprint density at radius 1 is 0.875 bits per heavy atom. The minimum absolute atomic E-state index is 0.178. The molecule has 0 unspecified atom stereocenters. The van der Waals surface area contributed by atoms with Crippen LogP contribution in [0.1, 0.15) is 50.2 Å². The van der Waals surface area contributed by atoms with Crippen molar-refractivity contribution in [3.05, 3.63) is 70.3 Å². The molecule has 0 radical (unpaired) electrons. The Labute approximate surface area is 141 Å². The van der Waals surface area contributed by atoms with Crippen molar-refractivity contribution in [2.24, 2.45) is 0 Å². The van der Waals surface area contributed by atoms with E-state index >= 15 is 0 Å². The minimum Gasteiger partial charge on any atom is -0.465 e. The van der Waals surface area contributed by atoms with Gasteiger partial charge in [-0.15, -0.1) is 0 Å². The molecule has 0 saturated carbocycles. The molecule has 2 aromatic rings. The minimum atomic E-state index is -0.382. The van der Waals surface area contributed by atoms with Crippen LogP contribution in [0.25, 0.3) is 0 Å². The van der Waals surface area contributed by atoms with Crippen LogP contribution >= 0.6 is 0 Å². The highest BCUT2D eigenvalue weighted by molar-refractivity contribution is 5.90. The second-order valence-electron chi connectivity index (χ2n) is 5.96. The van der Waals surface area contributed by atoms with Gasteiger partial charge < -0.3 is 9.47 Å².